The van der Waals surface area contributed by atoms with E-state index in [2.05, 4.69) is 0 Å². The molecule has 2 rings (SSSR count). The Bertz CT molecular complexity index is 620. The number of methoxy groups -OCH3 is 1. The van der Waals surface area contributed by atoms with Crippen LogP contribution in [-0.2, 0) is 25.0 Å². The summed E-state index contributed by atoms with van der Waals surface area (Å²) >= 11 is 0. The Morgan fingerprint density at radius 2 is 2.00 bits per heavy atom. The van der Waals surface area contributed by atoms with Crippen LogP contribution in [0.15, 0.2) is 23.1 Å². The smallest absolute Gasteiger partial charge is 0.310 e. The summed E-state index contributed by atoms with van der Waals surface area (Å²) in [6.45, 7) is 0. The van der Waals surface area contributed by atoms with Crippen LogP contribution >= 0.6 is 10.7 Å². The van der Waals surface area contributed by atoms with Gasteiger partial charge in [0.15, 0.2) is 0 Å². The molecule has 0 atom stereocenters. The number of carbonyl (C=O) groups excluding carboxylic acids is 1. The summed E-state index contributed by atoms with van der Waals surface area (Å²) < 4.78 is 33.3. The molecule has 1 saturated carbocycles. The Labute approximate surface area is 128 Å². The Kier molecular flexibility index (Phi) is 5.11. The number of carbonyl (C=O) groups is 1. The third-order valence-electron chi connectivity index (χ3n) is 3.44. The van der Waals surface area contributed by atoms with Crippen LogP contribution in [0.2, 0.25) is 0 Å². The number of halogens is 1. The van der Waals surface area contributed by atoms with Gasteiger partial charge in [0.05, 0.1) is 13.5 Å². The standard InChI is InChI=1S/C14H17ClO5S/c1-19-12-7-6-10(8-13(12)21(15,17)18)9-14(16)20-11-4-2-3-5-11/h6-8,11H,2-5,9H2,1H3. The van der Waals surface area contributed by atoms with Gasteiger partial charge in [0.25, 0.3) is 9.05 Å². The third-order valence-corrected chi connectivity index (χ3v) is 4.78. The van der Waals surface area contributed by atoms with Crippen molar-refractivity contribution in [3.8, 4) is 5.75 Å². The van der Waals surface area contributed by atoms with Crippen molar-refractivity contribution < 1.29 is 22.7 Å². The van der Waals surface area contributed by atoms with Gasteiger partial charge >= 0.3 is 5.97 Å². The lowest BCUT2D eigenvalue weighted by Crippen LogP contribution is -2.16. The molecule has 7 heteroatoms. The van der Waals surface area contributed by atoms with Crippen molar-refractivity contribution >= 4 is 25.7 Å². The zero-order valence-electron chi connectivity index (χ0n) is 11.7. The summed E-state index contributed by atoms with van der Waals surface area (Å²) in [5.74, 6) is -0.206. The fourth-order valence-electron chi connectivity index (χ4n) is 2.42. The van der Waals surface area contributed by atoms with Gasteiger partial charge in [-0.2, -0.15) is 0 Å². The number of benzene rings is 1. The maximum atomic E-state index is 11.8. The van der Waals surface area contributed by atoms with Gasteiger partial charge in [-0.3, -0.25) is 4.79 Å². The normalized spacial score (nSPS) is 15.9. The van der Waals surface area contributed by atoms with E-state index in [1.165, 1.54) is 19.2 Å². The van der Waals surface area contributed by atoms with Crippen molar-refractivity contribution in [1.82, 2.24) is 0 Å². The molecule has 0 unspecified atom stereocenters. The van der Waals surface area contributed by atoms with Crippen LogP contribution in [-0.4, -0.2) is 27.6 Å². The summed E-state index contributed by atoms with van der Waals surface area (Å²) in [5, 5.41) is 0. The lowest BCUT2D eigenvalue weighted by atomic mass is 10.1. The van der Waals surface area contributed by atoms with Crippen molar-refractivity contribution in [1.29, 1.82) is 0 Å². The van der Waals surface area contributed by atoms with E-state index in [4.69, 9.17) is 20.2 Å². The largest absolute Gasteiger partial charge is 0.495 e. The second-order valence-electron chi connectivity index (χ2n) is 5.00. The Morgan fingerprint density at radius 3 is 2.57 bits per heavy atom. The molecule has 5 nitrogen and oxygen atoms in total. The van der Waals surface area contributed by atoms with Crippen LogP contribution in [0.1, 0.15) is 31.2 Å². The number of rotatable bonds is 5. The van der Waals surface area contributed by atoms with Gasteiger partial charge in [0.2, 0.25) is 0 Å². The number of hydrogen-bond donors (Lipinski definition) is 0. The van der Waals surface area contributed by atoms with Gasteiger partial charge in [-0.05, 0) is 43.4 Å². The van der Waals surface area contributed by atoms with E-state index >= 15 is 0 Å². The minimum Gasteiger partial charge on any atom is -0.495 e. The molecule has 0 heterocycles. The Balaban J connectivity index is 2.11. The van der Waals surface area contributed by atoms with Crippen LogP contribution in [0.3, 0.4) is 0 Å². The number of esters is 1. The highest BCUT2D eigenvalue weighted by molar-refractivity contribution is 8.13. The van der Waals surface area contributed by atoms with Crippen LogP contribution < -0.4 is 4.74 Å². The van der Waals surface area contributed by atoms with E-state index in [0.29, 0.717) is 5.56 Å². The molecule has 0 N–H and O–H groups in total. The molecular weight excluding hydrogens is 316 g/mol. The van der Waals surface area contributed by atoms with Crippen LogP contribution in [0.5, 0.6) is 5.75 Å². The van der Waals surface area contributed by atoms with Gasteiger partial charge in [-0.15, -0.1) is 0 Å². The Morgan fingerprint density at radius 1 is 1.33 bits per heavy atom. The first-order valence-corrected chi connectivity index (χ1v) is 9.02. The molecule has 116 valence electrons. The third kappa shape index (κ3) is 4.35. The summed E-state index contributed by atoms with van der Waals surface area (Å²) in [6, 6.07) is 4.45. The molecule has 0 saturated heterocycles. The van der Waals surface area contributed by atoms with Crippen LogP contribution in [0.4, 0.5) is 0 Å². The van der Waals surface area contributed by atoms with Crippen LogP contribution in [0, 0.1) is 0 Å². The molecule has 0 radical (unpaired) electrons. The lowest BCUT2D eigenvalue weighted by Gasteiger charge is -2.12. The summed E-state index contributed by atoms with van der Waals surface area (Å²) in [5.41, 5.74) is 0.526. The zero-order valence-corrected chi connectivity index (χ0v) is 13.2. The second kappa shape index (κ2) is 6.66. The van der Waals surface area contributed by atoms with Crippen molar-refractivity contribution in [2.45, 2.75) is 43.1 Å². The SMILES string of the molecule is COc1ccc(CC(=O)OC2CCCC2)cc1S(=O)(=O)Cl. The van der Waals surface area contributed by atoms with Gasteiger partial charge in [0.1, 0.15) is 16.7 Å². The molecule has 0 bridgehead atoms. The van der Waals surface area contributed by atoms with Gasteiger partial charge < -0.3 is 9.47 Å². The number of ether oxygens (including phenoxy) is 2. The zero-order chi connectivity index (χ0) is 15.5. The molecule has 1 aromatic rings. The molecule has 0 aromatic heterocycles. The van der Waals surface area contributed by atoms with Crippen molar-refractivity contribution in [2.24, 2.45) is 0 Å². The molecule has 1 aromatic carbocycles. The van der Waals surface area contributed by atoms with E-state index in [1.807, 2.05) is 0 Å². The Hall–Kier alpha value is -1.27. The molecular formula is C14H17ClO5S. The van der Waals surface area contributed by atoms with E-state index < -0.39 is 9.05 Å². The van der Waals surface area contributed by atoms with Gasteiger partial charge in [-0.1, -0.05) is 6.07 Å². The van der Waals surface area contributed by atoms with E-state index in [-0.39, 0.29) is 29.1 Å². The minimum atomic E-state index is -3.93. The molecule has 1 aliphatic carbocycles. The predicted molar refractivity (Wildman–Crippen MR) is 78.1 cm³/mol. The molecule has 0 spiro atoms. The van der Waals surface area contributed by atoms with Crippen molar-refractivity contribution in [3.05, 3.63) is 23.8 Å². The molecule has 1 fully saturated rings. The molecule has 0 amide bonds. The summed E-state index contributed by atoms with van der Waals surface area (Å²) in [4.78, 5) is 11.7. The average Bonchev–Trinajstić information content (AvgIpc) is 2.90. The van der Waals surface area contributed by atoms with Gasteiger partial charge in [0, 0.05) is 10.7 Å². The maximum Gasteiger partial charge on any atom is 0.310 e. The second-order valence-corrected chi connectivity index (χ2v) is 7.53. The maximum absolute atomic E-state index is 11.8. The average molecular weight is 333 g/mol. The highest BCUT2D eigenvalue weighted by Crippen LogP contribution is 2.28. The first kappa shape index (κ1) is 16.1. The quantitative estimate of drug-likeness (QED) is 0.612. The minimum absolute atomic E-state index is 0.00743. The van der Waals surface area contributed by atoms with E-state index in [9.17, 15) is 13.2 Å². The topological polar surface area (TPSA) is 69.7 Å². The van der Waals surface area contributed by atoms with Crippen LogP contribution in [0.25, 0.3) is 0 Å². The lowest BCUT2D eigenvalue weighted by molar-refractivity contribution is -0.147. The highest BCUT2D eigenvalue weighted by atomic mass is 35.7. The fraction of sp³-hybridized carbons (Fsp3) is 0.500. The van der Waals surface area contributed by atoms with E-state index in [0.717, 1.165) is 25.7 Å². The first-order valence-electron chi connectivity index (χ1n) is 6.71. The van der Waals surface area contributed by atoms with Crippen molar-refractivity contribution in [3.63, 3.8) is 0 Å². The number of hydrogen-bond acceptors (Lipinski definition) is 5. The van der Waals surface area contributed by atoms with E-state index in [1.54, 1.807) is 6.07 Å². The monoisotopic (exact) mass is 332 g/mol. The first-order chi connectivity index (χ1) is 9.90. The summed E-state index contributed by atoms with van der Waals surface area (Å²) in [7, 11) is 2.79. The molecule has 21 heavy (non-hydrogen) atoms. The molecule has 0 aliphatic heterocycles. The van der Waals surface area contributed by atoms with Crippen molar-refractivity contribution in [2.75, 3.05) is 7.11 Å². The highest BCUT2D eigenvalue weighted by Gasteiger charge is 2.21. The summed E-state index contributed by atoms with van der Waals surface area (Å²) in [6.07, 6.45) is 3.96. The van der Waals surface area contributed by atoms with Gasteiger partial charge in [-0.25, -0.2) is 8.42 Å². The predicted octanol–water partition coefficient (Wildman–Crippen LogP) is 2.65. The molecule has 1 aliphatic rings. The fourth-order valence-corrected chi connectivity index (χ4v) is 3.47.